The molecule has 1 unspecified atom stereocenters. The molecular weight excluding hydrogens is 268 g/mol. The highest BCUT2D eigenvalue weighted by atomic mass is 32.1. The van der Waals surface area contributed by atoms with Crippen LogP contribution in [0.2, 0.25) is 0 Å². The number of hydrogen-bond acceptors (Lipinski definition) is 2. The number of likely N-dealkylation sites (N-methyl/N-ethyl adjacent to an activating group) is 1. The maximum Gasteiger partial charge on any atom is 0.275 e. The highest BCUT2D eigenvalue weighted by Crippen LogP contribution is 2.10. The van der Waals surface area contributed by atoms with E-state index in [1.165, 1.54) is 9.78 Å². The number of carbonyl (C=O) groups is 1. The first-order chi connectivity index (χ1) is 9.65. The van der Waals surface area contributed by atoms with Gasteiger partial charge in [0.15, 0.2) is 6.54 Å². The van der Waals surface area contributed by atoms with Crippen LogP contribution in [0.5, 0.6) is 0 Å². The Morgan fingerprint density at radius 2 is 2.00 bits per heavy atom. The second-order valence-corrected chi connectivity index (χ2v) is 6.12. The third-order valence-electron chi connectivity index (χ3n) is 3.20. The van der Waals surface area contributed by atoms with Gasteiger partial charge in [0.25, 0.3) is 5.91 Å². The quantitative estimate of drug-likeness (QED) is 0.833. The molecule has 4 heteroatoms. The fourth-order valence-electron chi connectivity index (χ4n) is 2.16. The maximum atomic E-state index is 12.0. The van der Waals surface area contributed by atoms with Crippen molar-refractivity contribution in [3.63, 3.8) is 0 Å². The van der Waals surface area contributed by atoms with Crippen LogP contribution < -0.4 is 10.2 Å². The van der Waals surface area contributed by atoms with Crippen LogP contribution in [0.4, 0.5) is 0 Å². The Morgan fingerprint density at radius 1 is 1.25 bits per heavy atom. The molecule has 20 heavy (non-hydrogen) atoms. The minimum atomic E-state index is 0.0539. The van der Waals surface area contributed by atoms with Crippen molar-refractivity contribution < 1.29 is 9.69 Å². The largest absolute Gasteiger partial charge is 0.345 e. The molecule has 0 radical (unpaired) electrons. The summed E-state index contributed by atoms with van der Waals surface area (Å²) < 4.78 is 0. The van der Waals surface area contributed by atoms with Crippen molar-refractivity contribution in [1.29, 1.82) is 0 Å². The normalized spacial score (nSPS) is 13.7. The van der Waals surface area contributed by atoms with Crippen molar-refractivity contribution >= 4 is 17.2 Å². The van der Waals surface area contributed by atoms with Crippen LogP contribution in [0.25, 0.3) is 0 Å². The molecule has 0 bridgehead atoms. The van der Waals surface area contributed by atoms with Gasteiger partial charge in [0.2, 0.25) is 0 Å². The van der Waals surface area contributed by atoms with Gasteiger partial charge in [-0.05, 0) is 23.9 Å². The number of rotatable bonds is 6. The lowest BCUT2D eigenvalue weighted by atomic mass is 10.1. The minimum absolute atomic E-state index is 0.0539. The molecule has 0 saturated carbocycles. The van der Waals surface area contributed by atoms with Crippen molar-refractivity contribution in [3.8, 4) is 0 Å². The van der Waals surface area contributed by atoms with Gasteiger partial charge in [-0.1, -0.05) is 36.4 Å². The maximum absolute atomic E-state index is 12.0. The van der Waals surface area contributed by atoms with E-state index in [1.807, 2.05) is 50.4 Å². The highest BCUT2D eigenvalue weighted by Gasteiger charge is 2.14. The molecule has 2 N–H and O–H groups in total. The average molecular weight is 289 g/mol. The molecular formula is C16H21N2OS+. The summed E-state index contributed by atoms with van der Waals surface area (Å²) in [6, 6.07) is 14.2. The van der Waals surface area contributed by atoms with Gasteiger partial charge in [-0.15, -0.1) is 11.3 Å². The third kappa shape index (κ3) is 4.47. The summed E-state index contributed by atoms with van der Waals surface area (Å²) >= 11 is 1.74. The number of thiophene rings is 1. The first-order valence-corrected chi connectivity index (χ1v) is 7.71. The molecule has 1 aromatic heterocycles. The van der Waals surface area contributed by atoms with Crippen molar-refractivity contribution in [2.24, 2.45) is 0 Å². The van der Waals surface area contributed by atoms with Gasteiger partial charge in [0, 0.05) is 0 Å². The van der Waals surface area contributed by atoms with E-state index in [2.05, 4.69) is 16.8 Å². The molecule has 106 valence electrons. The number of benzene rings is 1. The van der Waals surface area contributed by atoms with Gasteiger partial charge in [0.1, 0.15) is 6.54 Å². The number of quaternary nitrogens is 1. The summed E-state index contributed by atoms with van der Waals surface area (Å²) in [4.78, 5) is 14.5. The summed E-state index contributed by atoms with van der Waals surface area (Å²) in [7, 11) is 2.05. The van der Waals surface area contributed by atoms with Crippen LogP contribution in [-0.4, -0.2) is 19.5 Å². The van der Waals surface area contributed by atoms with Gasteiger partial charge in [0.05, 0.1) is 18.0 Å². The fourth-order valence-corrected chi connectivity index (χ4v) is 2.98. The summed E-state index contributed by atoms with van der Waals surface area (Å²) in [5, 5.41) is 5.12. The zero-order valence-corrected chi connectivity index (χ0v) is 12.7. The Kier molecular flexibility index (Phi) is 5.32. The molecule has 0 aliphatic carbocycles. The zero-order valence-electron chi connectivity index (χ0n) is 11.9. The molecule has 0 spiro atoms. The molecule has 2 aromatic rings. The monoisotopic (exact) mass is 289 g/mol. The molecule has 3 nitrogen and oxygen atoms in total. The molecule has 1 heterocycles. The van der Waals surface area contributed by atoms with E-state index in [9.17, 15) is 4.79 Å². The summed E-state index contributed by atoms with van der Waals surface area (Å²) in [5.41, 5.74) is 1.14. The summed E-state index contributed by atoms with van der Waals surface area (Å²) in [6.45, 7) is 3.40. The van der Waals surface area contributed by atoms with E-state index in [4.69, 9.17) is 0 Å². The standard InChI is InChI=1S/C16H20N2OS/c1-13(14-7-4-3-5-8-14)17-16(19)12-18(2)11-15-9-6-10-20-15/h3-10,13H,11-12H2,1-2H3,(H,17,19)/p+1/t13-/m0/s1. The van der Waals surface area contributed by atoms with Gasteiger partial charge >= 0.3 is 0 Å². The minimum Gasteiger partial charge on any atom is -0.345 e. The Hall–Kier alpha value is -1.65. The van der Waals surface area contributed by atoms with Gasteiger partial charge in [-0.3, -0.25) is 4.79 Å². The first-order valence-electron chi connectivity index (χ1n) is 6.83. The SMILES string of the molecule is C[C@H](NC(=O)C[NH+](C)Cc1cccs1)c1ccccc1. The van der Waals surface area contributed by atoms with Crippen LogP contribution in [0, 0.1) is 0 Å². The molecule has 0 fully saturated rings. The Morgan fingerprint density at radius 3 is 2.65 bits per heavy atom. The van der Waals surface area contributed by atoms with Crippen molar-refractivity contribution in [3.05, 3.63) is 58.3 Å². The van der Waals surface area contributed by atoms with Crippen LogP contribution >= 0.6 is 11.3 Å². The van der Waals surface area contributed by atoms with Crippen LogP contribution in [-0.2, 0) is 11.3 Å². The molecule has 1 amide bonds. The Balaban J connectivity index is 1.80. The third-order valence-corrected chi connectivity index (χ3v) is 4.07. The van der Waals surface area contributed by atoms with E-state index in [1.54, 1.807) is 11.3 Å². The van der Waals surface area contributed by atoms with E-state index < -0.39 is 0 Å². The van der Waals surface area contributed by atoms with Crippen molar-refractivity contribution in [1.82, 2.24) is 5.32 Å². The van der Waals surface area contributed by atoms with Crippen molar-refractivity contribution in [2.45, 2.75) is 19.5 Å². The Labute approximate surface area is 124 Å². The zero-order chi connectivity index (χ0) is 14.4. The number of carbonyl (C=O) groups excluding carboxylic acids is 1. The summed E-state index contributed by atoms with van der Waals surface area (Å²) in [5.74, 6) is 0.0930. The smallest absolute Gasteiger partial charge is 0.275 e. The van der Waals surface area contributed by atoms with Crippen LogP contribution in [0.15, 0.2) is 47.8 Å². The second-order valence-electron chi connectivity index (χ2n) is 5.09. The van der Waals surface area contributed by atoms with Gasteiger partial charge in [-0.2, -0.15) is 0 Å². The van der Waals surface area contributed by atoms with Crippen LogP contribution in [0.3, 0.4) is 0 Å². The van der Waals surface area contributed by atoms with Gasteiger partial charge in [-0.25, -0.2) is 0 Å². The molecule has 0 aliphatic heterocycles. The lowest BCUT2D eigenvalue weighted by Gasteiger charge is -2.17. The fraction of sp³-hybridized carbons (Fsp3) is 0.312. The Bertz CT molecular complexity index is 525. The lowest BCUT2D eigenvalue weighted by molar-refractivity contribution is -0.885. The predicted molar refractivity (Wildman–Crippen MR) is 82.8 cm³/mol. The summed E-state index contributed by atoms with van der Waals surface area (Å²) in [6.07, 6.45) is 0. The predicted octanol–water partition coefficient (Wildman–Crippen LogP) is 1.64. The van der Waals surface area contributed by atoms with E-state index >= 15 is 0 Å². The van der Waals surface area contributed by atoms with E-state index in [0.717, 1.165) is 12.1 Å². The number of nitrogens with one attached hydrogen (secondary N) is 2. The molecule has 0 aliphatic rings. The molecule has 2 rings (SSSR count). The topological polar surface area (TPSA) is 33.5 Å². The average Bonchev–Trinajstić information content (AvgIpc) is 2.92. The molecule has 2 atom stereocenters. The number of amides is 1. The number of hydrogen-bond donors (Lipinski definition) is 2. The first kappa shape index (κ1) is 14.8. The lowest BCUT2D eigenvalue weighted by Crippen LogP contribution is -3.08. The highest BCUT2D eigenvalue weighted by molar-refractivity contribution is 7.09. The molecule has 1 aromatic carbocycles. The van der Waals surface area contributed by atoms with Crippen molar-refractivity contribution in [2.75, 3.05) is 13.6 Å². The van der Waals surface area contributed by atoms with E-state index in [0.29, 0.717) is 6.54 Å². The molecule has 0 saturated heterocycles. The van der Waals surface area contributed by atoms with E-state index in [-0.39, 0.29) is 11.9 Å². The van der Waals surface area contributed by atoms with Gasteiger partial charge < -0.3 is 10.2 Å². The van der Waals surface area contributed by atoms with Crippen LogP contribution in [0.1, 0.15) is 23.4 Å². The second kappa shape index (κ2) is 7.22.